The van der Waals surface area contributed by atoms with Crippen LogP contribution < -0.4 is 15.5 Å². The summed E-state index contributed by atoms with van der Waals surface area (Å²) in [6.07, 6.45) is 6.67. The Morgan fingerprint density at radius 3 is 2.72 bits per heavy atom. The number of carbonyl (C=O) groups excluding carboxylic acids is 2. The Bertz CT molecular complexity index is 744. The standard InChI is InChI=1S/C18H21N5O2/c1-13(21-18(25)16-12-19-7-8-20-16)17(24)22-14-5-4-6-15(11-14)23-9-2-3-10-23/h4-8,11-13H,2-3,9-10H2,1H3,(H,21,25)(H,22,24)/t13-/m0/s1. The molecule has 0 spiro atoms. The zero-order valence-electron chi connectivity index (χ0n) is 14.1. The molecule has 0 saturated carbocycles. The van der Waals surface area contributed by atoms with E-state index < -0.39 is 11.9 Å². The number of hydrogen-bond donors (Lipinski definition) is 2. The molecule has 1 aromatic heterocycles. The van der Waals surface area contributed by atoms with Crippen molar-refractivity contribution in [2.75, 3.05) is 23.3 Å². The van der Waals surface area contributed by atoms with Crippen LogP contribution in [0.25, 0.3) is 0 Å². The minimum Gasteiger partial charge on any atom is -0.371 e. The molecule has 0 radical (unpaired) electrons. The van der Waals surface area contributed by atoms with Crippen molar-refractivity contribution in [2.24, 2.45) is 0 Å². The van der Waals surface area contributed by atoms with Crippen LogP contribution in [-0.4, -0.2) is 40.9 Å². The van der Waals surface area contributed by atoms with Crippen LogP contribution in [0, 0.1) is 0 Å². The van der Waals surface area contributed by atoms with Crippen molar-refractivity contribution in [3.8, 4) is 0 Å². The second-order valence-corrected chi connectivity index (χ2v) is 6.02. The van der Waals surface area contributed by atoms with E-state index in [1.165, 1.54) is 31.4 Å². The molecule has 2 aromatic rings. The quantitative estimate of drug-likeness (QED) is 0.868. The summed E-state index contributed by atoms with van der Waals surface area (Å²) in [4.78, 5) is 34.4. The van der Waals surface area contributed by atoms with Crippen molar-refractivity contribution in [3.63, 3.8) is 0 Å². The van der Waals surface area contributed by atoms with E-state index >= 15 is 0 Å². The second-order valence-electron chi connectivity index (χ2n) is 6.02. The summed E-state index contributed by atoms with van der Waals surface area (Å²) in [5, 5.41) is 5.47. The maximum atomic E-state index is 12.3. The molecule has 1 aromatic carbocycles. The first kappa shape index (κ1) is 16.9. The molecule has 1 saturated heterocycles. The van der Waals surface area contributed by atoms with Gasteiger partial charge in [0.15, 0.2) is 0 Å². The maximum Gasteiger partial charge on any atom is 0.272 e. The van der Waals surface area contributed by atoms with Crippen LogP contribution >= 0.6 is 0 Å². The highest BCUT2D eigenvalue weighted by atomic mass is 16.2. The molecule has 0 unspecified atom stereocenters. The van der Waals surface area contributed by atoms with Crippen LogP contribution in [0.3, 0.4) is 0 Å². The number of rotatable bonds is 5. The minimum atomic E-state index is -0.690. The normalized spacial score (nSPS) is 14.8. The lowest BCUT2D eigenvalue weighted by molar-refractivity contribution is -0.117. The molecular formula is C18H21N5O2. The van der Waals surface area contributed by atoms with Crippen molar-refractivity contribution in [1.82, 2.24) is 15.3 Å². The lowest BCUT2D eigenvalue weighted by Gasteiger charge is -2.19. The van der Waals surface area contributed by atoms with Crippen molar-refractivity contribution >= 4 is 23.2 Å². The molecule has 3 rings (SSSR count). The Morgan fingerprint density at radius 2 is 2.00 bits per heavy atom. The zero-order chi connectivity index (χ0) is 17.6. The van der Waals surface area contributed by atoms with E-state index in [1.54, 1.807) is 6.92 Å². The van der Waals surface area contributed by atoms with Crippen LogP contribution in [0.2, 0.25) is 0 Å². The van der Waals surface area contributed by atoms with Crippen molar-refractivity contribution in [3.05, 3.63) is 48.5 Å². The highest BCUT2D eigenvalue weighted by Crippen LogP contribution is 2.23. The first-order chi connectivity index (χ1) is 12.1. The number of hydrogen-bond acceptors (Lipinski definition) is 5. The summed E-state index contributed by atoms with van der Waals surface area (Å²) in [6, 6.07) is 7.08. The number of nitrogens with one attached hydrogen (secondary N) is 2. The number of anilines is 2. The van der Waals surface area contributed by atoms with Crippen molar-refractivity contribution in [2.45, 2.75) is 25.8 Å². The first-order valence-corrected chi connectivity index (χ1v) is 8.36. The van der Waals surface area contributed by atoms with Crippen molar-refractivity contribution < 1.29 is 9.59 Å². The van der Waals surface area contributed by atoms with Gasteiger partial charge in [-0.2, -0.15) is 0 Å². The Kier molecular flexibility index (Phi) is 5.23. The largest absolute Gasteiger partial charge is 0.371 e. The maximum absolute atomic E-state index is 12.3. The molecule has 130 valence electrons. The van der Waals surface area contributed by atoms with Crippen LogP contribution in [0.5, 0.6) is 0 Å². The van der Waals surface area contributed by atoms with E-state index in [-0.39, 0.29) is 11.6 Å². The average molecular weight is 339 g/mol. The van der Waals surface area contributed by atoms with Gasteiger partial charge in [0.25, 0.3) is 5.91 Å². The van der Waals surface area contributed by atoms with Gasteiger partial charge in [0.1, 0.15) is 11.7 Å². The Hall–Kier alpha value is -2.96. The van der Waals surface area contributed by atoms with E-state index in [0.717, 1.165) is 24.5 Å². The Labute approximate surface area is 146 Å². The highest BCUT2D eigenvalue weighted by molar-refractivity contribution is 6.00. The molecule has 1 aliphatic rings. The van der Waals surface area contributed by atoms with Gasteiger partial charge in [0.2, 0.25) is 5.91 Å². The summed E-state index contributed by atoms with van der Waals surface area (Å²) in [5.74, 6) is -0.711. The van der Waals surface area contributed by atoms with Gasteiger partial charge in [-0.1, -0.05) is 6.07 Å². The van der Waals surface area contributed by atoms with E-state index in [0.29, 0.717) is 0 Å². The molecule has 7 heteroatoms. The van der Waals surface area contributed by atoms with Gasteiger partial charge in [-0.15, -0.1) is 0 Å². The number of nitrogens with zero attached hydrogens (tertiary/aromatic N) is 3. The predicted octanol–water partition coefficient (Wildman–Crippen LogP) is 1.83. The lowest BCUT2D eigenvalue weighted by Crippen LogP contribution is -2.41. The third-order valence-corrected chi connectivity index (χ3v) is 4.12. The molecule has 2 amide bonds. The Morgan fingerprint density at radius 1 is 1.20 bits per heavy atom. The fourth-order valence-electron chi connectivity index (χ4n) is 2.76. The number of benzene rings is 1. The van der Waals surface area contributed by atoms with Gasteiger partial charge in [0, 0.05) is 36.9 Å². The molecule has 1 aliphatic heterocycles. The third-order valence-electron chi connectivity index (χ3n) is 4.12. The first-order valence-electron chi connectivity index (χ1n) is 8.36. The molecule has 1 fully saturated rings. The smallest absolute Gasteiger partial charge is 0.272 e. The van der Waals surface area contributed by atoms with E-state index in [2.05, 4.69) is 25.5 Å². The van der Waals surface area contributed by atoms with E-state index in [4.69, 9.17) is 0 Å². The average Bonchev–Trinajstić information content (AvgIpc) is 3.17. The summed E-state index contributed by atoms with van der Waals surface area (Å²) in [5.41, 5.74) is 2.00. The number of amides is 2. The van der Waals surface area contributed by atoms with Gasteiger partial charge in [-0.25, -0.2) is 4.98 Å². The van der Waals surface area contributed by atoms with Gasteiger partial charge in [-0.3, -0.25) is 14.6 Å². The van der Waals surface area contributed by atoms with Crippen LogP contribution in [0.1, 0.15) is 30.3 Å². The van der Waals surface area contributed by atoms with Gasteiger partial charge in [0.05, 0.1) is 6.20 Å². The van der Waals surface area contributed by atoms with Gasteiger partial charge >= 0.3 is 0 Å². The molecule has 1 atom stereocenters. The summed E-state index contributed by atoms with van der Waals surface area (Å²) < 4.78 is 0. The number of carbonyl (C=O) groups is 2. The fourth-order valence-corrected chi connectivity index (χ4v) is 2.76. The predicted molar refractivity (Wildman–Crippen MR) is 95.5 cm³/mol. The summed E-state index contributed by atoms with van der Waals surface area (Å²) >= 11 is 0. The highest BCUT2D eigenvalue weighted by Gasteiger charge is 2.18. The minimum absolute atomic E-state index is 0.179. The second kappa shape index (κ2) is 7.74. The van der Waals surface area contributed by atoms with Gasteiger partial charge < -0.3 is 15.5 Å². The molecular weight excluding hydrogens is 318 g/mol. The van der Waals surface area contributed by atoms with Crippen LogP contribution in [-0.2, 0) is 4.79 Å². The Balaban J connectivity index is 1.59. The molecule has 2 N–H and O–H groups in total. The van der Waals surface area contributed by atoms with Crippen LogP contribution in [0.4, 0.5) is 11.4 Å². The van der Waals surface area contributed by atoms with Crippen molar-refractivity contribution in [1.29, 1.82) is 0 Å². The van der Waals surface area contributed by atoms with Crippen LogP contribution in [0.15, 0.2) is 42.9 Å². The third kappa shape index (κ3) is 4.32. The molecule has 25 heavy (non-hydrogen) atoms. The SMILES string of the molecule is C[C@H](NC(=O)c1cnccn1)C(=O)Nc1cccc(N2CCCC2)c1. The topological polar surface area (TPSA) is 87.2 Å². The number of aromatic nitrogens is 2. The van der Waals surface area contributed by atoms with Gasteiger partial charge in [-0.05, 0) is 38.0 Å². The summed E-state index contributed by atoms with van der Waals surface area (Å²) in [6.45, 7) is 3.72. The zero-order valence-corrected chi connectivity index (χ0v) is 14.1. The molecule has 0 bridgehead atoms. The van der Waals surface area contributed by atoms with E-state index in [1.807, 2.05) is 24.3 Å². The molecule has 0 aliphatic carbocycles. The fraction of sp³-hybridized carbons (Fsp3) is 0.333. The summed E-state index contributed by atoms with van der Waals surface area (Å²) in [7, 11) is 0. The monoisotopic (exact) mass is 339 g/mol. The molecule has 2 heterocycles. The van der Waals surface area contributed by atoms with E-state index in [9.17, 15) is 9.59 Å². The molecule has 7 nitrogen and oxygen atoms in total. The lowest BCUT2D eigenvalue weighted by atomic mass is 10.2.